The van der Waals surface area contributed by atoms with Crippen LogP contribution in [0.1, 0.15) is 57.6 Å². The van der Waals surface area contributed by atoms with Crippen LogP contribution in [0.2, 0.25) is 0 Å². The van der Waals surface area contributed by atoms with E-state index in [1.54, 1.807) is 0 Å². The smallest absolute Gasteiger partial charge is 0.119 e. The highest BCUT2D eigenvalue weighted by Crippen LogP contribution is 2.31. The summed E-state index contributed by atoms with van der Waals surface area (Å²) in [7, 11) is 0. The molecule has 20 heavy (non-hydrogen) atoms. The quantitative estimate of drug-likeness (QED) is 0.867. The molecule has 0 aliphatic heterocycles. The maximum Gasteiger partial charge on any atom is 0.119 e. The van der Waals surface area contributed by atoms with Gasteiger partial charge in [-0.05, 0) is 50.3 Å². The van der Waals surface area contributed by atoms with Gasteiger partial charge in [0, 0.05) is 0 Å². The molecule has 3 N–H and O–H groups in total. The number of ether oxygens (including phenoxy) is 1. The van der Waals surface area contributed by atoms with Gasteiger partial charge in [-0.15, -0.1) is 0 Å². The van der Waals surface area contributed by atoms with Gasteiger partial charge in [0.1, 0.15) is 5.75 Å². The lowest BCUT2D eigenvalue weighted by atomic mass is 9.81. The second kappa shape index (κ2) is 7.09. The number of hydrogen-bond acceptors (Lipinski definition) is 3. The molecular weight excluding hydrogens is 250 g/mol. The Bertz CT molecular complexity index is 396. The van der Waals surface area contributed by atoms with E-state index in [4.69, 9.17) is 10.5 Å². The molecule has 0 heterocycles. The summed E-state index contributed by atoms with van der Waals surface area (Å²) in [5.41, 5.74) is 7.22. The van der Waals surface area contributed by atoms with Gasteiger partial charge in [-0.1, -0.05) is 31.4 Å². The van der Waals surface area contributed by atoms with Gasteiger partial charge in [-0.2, -0.15) is 0 Å². The Hall–Kier alpha value is -1.06. The van der Waals surface area contributed by atoms with Crippen molar-refractivity contribution in [3.8, 4) is 5.75 Å². The summed E-state index contributed by atoms with van der Waals surface area (Å²) in [6.07, 6.45) is 5.66. The molecule has 0 saturated heterocycles. The van der Waals surface area contributed by atoms with Crippen molar-refractivity contribution >= 4 is 0 Å². The number of benzene rings is 1. The summed E-state index contributed by atoms with van der Waals surface area (Å²) in [5, 5.41) is 10.5. The van der Waals surface area contributed by atoms with Crippen molar-refractivity contribution in [1.29, 1.82) is 0 Å². The molecule has 1 aliphatic rings. The molecule has 1 fully saturated rings. The van der Waals surface area contributed by atoms with E-state index in [-0.39, 0.29) is 12.1 Å². The highest BCUT2D eigenvalue weighted by atomic mass is 16.5. The molecule has 2 atom stereocenters. The summed E-state index contributed by atoms with van der Waals surface area (Å²) in [6, 6.07) is 7.50. The van der Waals surface area contributed by atoms with Crippen LogP contribution in [0.4, 0.5) is 0 Å². The van der Waals surface area contributed by atoms with Crippen LogP contribution < -0.4 is 10.5 Å². The predicted molar refractivity (Wildman–Crippen MR) is 81.7 cm³/mol. The second-order valence-corrected chi connectivity index (χ2v) is 6.15. The van der Waals surface area contributed by atoms with Crippen molar-refractivity contribution in [2.24, 2.45) is 11.7 Å². The first-order chi connectivity index (χ1) is 9.58. The van der Waals surface area contributed by atoms with Crippen molar-refractivity contribution in [2.45, 2.75) is 64.2 Å². The Balaban J connectivity index is 1.98. The third-order valence-electron chi connectivity index (χ3n) is 4.14. The fraction of sp³-hybridized carbons (Fsp3) is 0.647. The molecule has 3 heteroatoms. The maximum atomic E-state index is 10.5. The molecule has 2 rings (SSSR count). The monoisotopic (exact) mass is 277 g/mol. The minimum absolute atomic E-state index is 0.169. The van der Waals surface area contributed by atoms with Gasteiger partial charge in [-0.25, -0.2) is 0 Å². The van der Waals surface area contributed by atoms with E-state index in [0.29, 0.717) is 5.92 Å². The topological polar surface area (TPSA) is 55.5 Å². The fourth-order valence-electron chi connectivity index (χ4n) is 3.01. The third-order valence-corrected chi connectivity index (χ3v) is 4.14. The highest BCUT2D eigenvalue weighted by Gasteiger charge is 2.27. The van der Waals surface area contributed by atoms with Gasteiger partial charge >= 0.3 is 0 Å². The van der Waals surface area contributed by atoms with E-state index in [1.807, 2.05) is 38.1 Å². The van der Waals surface area contributed by atoms with Gasteiger partial charge in [0.15, 0.2) is 0 Å². The maximum absolute atomic E-state index is 10.5. The van der Waals surface area contributed by atoms with E-state index in [0.717, 1.165) is 24.2 Å². The minimum atomic E-state index is -0.438. The number of hydrogen-bond donors (Lipinski definition) is 2. The van der Waals surface area contributed by atoms with Crippen LogP contribution >= 0.6 is 0 Å². The van der Waals surface area contributed by atoms with Crippen molar-refractivity contribution < 1.29 is 9.84 Å². The molecule has 0 unspecified atom stereocenters. The Morgan fingerprint density at radius 2 is 1.70 bits per heavy atom. The van der Waals surface area contributed by atoms with Gasteiger partial charge in [-0.3, -0.25) is 0 Å². The molecule has 3 nitrogen and oxygen atoms in total. The van der Waals surface area contributed by atoms with E-state index < -0.39 is 6.10 Å². The molecule has 0 aromatic heterocycles. The zero-order valence-electron chi connectivity index (χ0n) is 12.6. The number of rotatable bonds is 5. The van der Waals surface area contributed by atoms with Crippen molar-refractivity contribution in [3.63, 3.8) is 0 Å². The van der Waals surface area contributed by atoms with Crippen molar-refractivity contribution in [2.75, 3.05) is 0 Å². The molecule has 1 aliphatic carbocycles. The van der Waals surface area contributed by atoms with E-state index in [9.17, 15) is 5.11 Å². The zero-order chi connectivity index (χ0) is 14.5. The molecule has 0 radical (unpaired) electrons. The zero-order valence-corrected chi connectivity index (χ0v) is 12.6. The number of aliphatic hydroxyl groups is 1. The molecule has 0 amide bonds. The fourth-order valence-corrected chi connectivity index (χ4v) is 3.01. The average Bonchev–Trinajstić information content (AvgIpc) is 2.47. The average molecular weight is 277 g/mol. The van der Waals surface area contributed by atoms with Crippen LogP contribution in [0.5, 0.6) is 5.75 Å². The van der Waals surface area contributed by atoms with Gasteiger partial charge in [0.2, 0.25) is 0 Å². The third kappa shape index (κ3) is 3.97. The lowest BCUT2D eigenvalue weighted by Gasteiger charge is -2.30. The first kappa shape index (κ1) is 15.3. The van der Waals surface area contributed by atoms with E-state index in [2.05, 4.69) is 0 Å². The van der Waals surface area contributed by atoms with Gasteiger partial charge < -0.3 is 15.6 Å². The van der Waals surface area contributed by atoms with Crippen LogP contribution in [-0.2, 0) is 0 Å². The summed E-state index contributed by atoms with van der Waals surface area (Å²) in [4.78, 5) is 0. The minimum Gasteiger partial charge on any atom is -0.491 e. The second-order valence-electron chi connectivity index (χ2n) is 6.15. The van der Waals surface area contributed by atoms with Crippen LogP contribution in [0.15, 0.2) is 24.3 Å². The predicted octanol–water partition coefficient (Wildman–Crippen LogP) is 3.41. The molecule has 1 saturated carbocycles. The summed E-state index contributed by atoms with van der Waals surface area (Å²) in [5.74, 6) is 1.20. The largest absolute Gasteiger partial charge is 0.491 e. The molecular formula is C17H27NO2. The Morgan fingerprint density at radius 3 is 2.25 bits per heavy atom. The van der Waals surface area contributed by atoms with E-state index >= 15 is 0 Å². The van der Waals surface area contributed by atoms with Crippen LogP contribution in [0.3, 0.4) is 0 Å². The molecule has 0 spiro atoms. The number of nitrogens with two attached hydrogens (primary N) is 1. The molecule has 112 valence electrons. The summed E-state index contributed by atoms with van der Waals surface area (Å²) < 4.78 is 5.62. The SMILES string of the molecule is CC(C)Oc1ccc([C@@H](N)[C@@H](O)C2CCCCC2)cc1. The van der Waals surface area contributed by atoms with Gasteiger partial charge in [0.05, 0.1) is 18.2 Å². The van der Waals surface area contributed by atoms with Gasteiger partial charge in [0.25, 0.3) is 0 Å². The first-order valence-electron chi connectivity index (χ1n) is 7.78. The Labute approximate surface area is 122 Å². The van der Waals surface area contributed by atoms with Crippen LogP contribution in [0, 0.1) is 5.92 Å². The first-order valence-corrected chi connectivity index (χ1v) is 7.78. The van der Waals surface area contributed by atoms with Crippen LogP contribution in [0.25, 0.3) is 0 Å². The summed E-state index contributed by atoms with van der Waals surface area (Å²) >= 11 is 0. The number of aliphatic hydroxyl groups excluding tert-OH is 1. The molecule has 1 aromatic carbocycles. The summed E-state index contributed by atoms with van der Waals surface area (Å²) in [6.45, 7) is 4.01. The normalized spacial score (nSPS) is 19.9. The van der Waals surface area contributed by atoms with E-state index in [1.165, 1.54) is 19.3 Å². The van der Waals surface area contributed by atoms with Crippen molar-refractivity contribution in [3.05, 3.63) is 29.8 Å². The lowest BCUT2D eigenvalue weighted by molar-refractivity contribution is 0.0618. The standard InChI is InChI=1S/C17H27NO2/c1-12(2)20-15-10-8-13(9-11-15)16(18)17(19)14-6-4-3-5-7-14/h8-12,14,16-17,19H,3-7,18H2,1-2H3/t16-,17+/m1/s1. The lowest BCUT2D eigenvalue weighted by Crippen LogP contribution is -2.34. The Morgan fingerprint density at radius 1 is 1.10 bits per heavy atom. The molecule has 1 aromatic rings. The molecule has 0 bridgehead atoms. The highest BCUT2D eigenvalue weighted by molar-refractivity contribution is 5.29. The van der Waals surface area contributed by atoms with Crippen molar-refractivity contribution in [1.82, 2.24) is 0 Å². The van der Waals surface area contributed by atoms with Crippen LogP contribution in [-0.4, -0.2) is 17.3 Å². The Kier molecular flexibility index (Phi) is 5.44.